The van der Waals surface area contributed by atoms with Crippen LogP contribution in [0.3, 0.4) is 0 Å². The first kappa shape index (κ1) is 12.9. The van der Waals surface area contributed by atoms with Gasteiger partial charge in [0.25, 0.3) is 0 Å². The van der Waals surface area contributed by atoms with Crippen LogP contribution in [0.25, 0.3) is 22.4 Å². The number of fused-ring (bicyclic) bond motifs is 1. The number of aryl methyl sites for hydroxylation is 1. The summed E-state index contributed by atoms with van der Waals surface area (Å²) >= 11 is 3.43. The van der Waals surface area contributed by atoms with Crippen molar-refractivity contribution in [3.63, 3.8) is 0 Å². The van der Waals surface area contributed by atoms with Gasteiger partial charge in [-0.15, -0.1) is 0 Å². The zero-order chi connectivity index (χ0) is 14.3. The van der Waals surface area contributed by atoms with Crippen LogP contribution in [-0.2, 0) is 18.3 Å². The molecular formula is C13H10BrN3O3. The van der Waals surface area contributed by atoms with E-state index in [-0.39, 0.29) is 6.42 Å². The maximum absolute atomic E-state index is 10.8. The molecule has 0 radical (unpaired) electrons. The van der Waals surface area contributed by atoms with E-state index in [1.165, 1.54) is 6.39 Å². The molecule has 0 saturated carbocycles. The molecule has 102 valence electrons. The van der Waals surface area contributed by atoms with E-state index < -0.39 is 5.97 Å². The van der Waals surface area contributed by atoms with Gasteiger partial charge in [0, 0.05) is 12.6 Å². The van der Waals surface area contributed by atoms with Crippen LogP contribution >= 0.6 is 15.9 Å². The molecule has 0 aliphatic rings. The molecule has 1 aromatic carbocycles. The number of aliphatic carboxylic acids is 1. The SMILES string of the molecule is Cn1nc(CC(=O)O)c(Br)c1-c1ccc2ncoc2c1. The minimum absolute atomic E-state index is 0.126. The van der Waals surface area contributed by atoms with Crippen molar-refractivity contribution in [3.05, 3.63) is 34.8 Å². The van der Waals surface area contributed by atoms with Crippen LogP contribution in [0.1, 0.15) is 5.69 Å². The number of hydrogen-bond acceptors (Lipinski definition) is 4. The third-order valence-electron chi connectivity index (χ3n) is 2.98. The van der Waals surface area contributed by atoms with Gasteiger partial charge in [0.2, 0.25) is 0 Å². The Hall–Kier alpha value is -2.15. The second-order valence-corrected chi connectivity index (χ2v) is 5.13. The Balaban J connectivity index is 2.13. The van der Waals surface area contributed by atoms with E-state index in [1.54, 1.807) is 11.7 Å². The number of oxazole rings is 1. The van der Waals surface area contributed by atoms with Gasteiger partial charge in [-0.05, 0) is 28.1 Å². The van der Waals surface area contributed by atoms with Gasteiger partial charge in [0.05, 0.1) is 22.3 Å². The summed E-state index contributed by atoms with van der Waals surface area (Å²) in [6, 6.07) is 5.61. The highest BCUT2D eigenvalue weighted by Crippen LogP contribution is 2.32. The molecule has 2 aromatic heterocycles. The summed E-state index contributed by atoms with van der Waals surface area (Å²) in [6.07, 6.45) is 1.27. The second kappa shape index (κ2) is 4.75. The highest BCUT2D eigenvalue weighted by molar-refractivity contribution is 9.10. The minimum atomic E-state index is -0.916. The van der Waals surface area contributed by atoms with Crippen molar-refractivity contribution in [2.24, 2.45) is 7.05 Å². The molecular weight excluding hydrogens is 326 g/mol. The van der Waals surface area contributed by atoms with Crippen molar-refractivity contribution in [2.45, 2.75) is 6.42 Å². The Morgan fingerprint density at radius 2 is 2.30 bits per heavy atom. The van der Waals surface area contributed by atoms with Gasteiger partial charge in [-0.25, -0.2) is 4.98 Å². The molecule has 20 heavy (non-hydrogen) atoms. The Morgan fingerprint density at radius 3 is 3.05 bits per heavy atom. The quantitative estimate of drug-likeness (QED) is 0.795. The fraction of sp³-hybridized carbons (Fsp3) is 0.154. The molecule has 3 rings (SSSR count). The molecule has 0 spiro atoms. The first-order valence-electron chi connectivity index (χ1n) is 5.83. The normalized spacial score (nSPS) is 11.1. The molecule has 0 aliphatic carbocycles. The van der Waals surface area contributed by atoms with Crippen molar-refractivity contribution >= 4 is 33.0 Å². The number of rotatable bonds is 3. The van der Waals surface area contributed by atoms with E-state index in [0.29, 0.717) is 15.7 Å². The summed E-state index contributed by atoms with van der Waals surface area (Å²) in [5.41, 5.74) is 3.63. The van der Waals surface area contributed by atoms with E-state index in [4.69, 9.17) is 9.52 Å². The number of benzene rings is 1. The summed E-state index contributed by atoms with van der Waals surface area (Å²) in [5.74, 6) is -0.916. The number of nitrogens with zero attached hydrogens (tertiary/aromatic N) is 3. The number of carbonyl (C=O) groups is 1. The smallest absolute Gasteiger partial charge is 0.309 e. The van der Waals surface area contributed by atoms with Crippen LogP contribution < -0.4 is 0 Å². The van der Waals surface area contributed by atoms with Gasteiger partial charge in [-0.1, -0.05) is 6.07 Å². The maximum atomic E-state index is 10.8. The van der Waals surface area contributed by atoms with Gasteiger partial charge in [-0.3, -0.25) is 9.48 Å². The number of carboxylic acid groups (broad SMARTS) is 1. The highest BCUT2D eigenvalue weighted by atomic mass is 79.9. The van der Waals surface area contributed by atoms with Crippen LogP contribution in [-0.4, -0.2) is 25.8 Å². The van der Waals surface area contributed by atoms with E-state index >= 15 is 0 Å². The van der Waals surface area contributed by atoms with Crippen molar-refractivity contribution in [3.8, 4) is 11.3 Å². The largest absolute Gasteiger partial charge is 0.481 e. The van der Waals surface area contributed by atoms with Crippen LogP contribution in [0.4, 0.5) is 0 Å². The molecule has 0 atom stereocenters. The lowest BCUT2D eigenvalue weighted by Crippen LogP contribution is -2.02. The van der Waals surface area contributed by atoms with Crippen molar-refractivity contribution in [1.29, 1.82) is 0 Å². The Morgan fingerprint density at radius 1 is 1.50 bits per heavy atom. The zero-order valence-electron chi connectivity index (χ0n) is 10.5. The highest BCUT2D eigenvalue weighted by Gasteiger charge is 2.18. The van der Waals surface area contributed by atoms with Gasteiger partial charge in [0.1, 0.15) is 5.52 Å². The lowest BCUT2D eigenvalue weighted by molar-refractivity contribution is -0.136. The fourth-order valence-electron chi connectivity index (χ4n) is 2.13. The van der Waals surface area contributed by atoms with Crippen LogP contribution in [0.5, 0.6) is 0 Å². The molecule has 3 aromatic rings. The standard InChI is InChI=1S/C13H10BrN3O3/c1-17-13(12(14)9(16-17)5-11(18)19)7-2-3-8-10(4-7)20-6-15-8/h2-4,6H,5H2,1H3,(H,18,19). The molecule has 6 nitrogen and oxygen atoms in total. The summed E-state index contributed by atoms with van der Waals surface area (Å²) in [4.78, 5) is 14.9. The fourth-order valence-corrected chi connectivity index (χ4v) is 2.83. The van der Waals surface area contributed by atoms with Crippen molar-refractivity contribution < 1.29 is 14.3 Å². The number of halogens is 1. The molecule has 2 heterocycles. The predicted octanol–water partition coefficient (Wildman–Crippen LogP) is 2.62. The lowest BCUT2D eigenvalue weighted by Gasteiger charge is -2.02. The molecule has 0 unspecified atom stereocenters. The molecule has 0 bridgehead atoms. The molecule has 0 saturated heterocycles. The van der Waals surface area contributed by atoms with Gasteiger partial charge >= 0.3 is 5.97 Å². The molecule has 1 N–H and O–H groups in total. The van der Waals surface area contributed by atoms with E-state index in [1.807, 2.05) is 18.2 Å². The third-order valence-corrected chi connectivity index (χ3v) is 3.81. The van der Waals surface area contributed by atoms with Crippen LogP contribution in [0.2, 0.25) is 0 Å². The Labute approximate surface area is 122 Å². The van der Waals surface area contributed by atoms with Gasteiger partial charge in [-0.2, -0.15) is 5.10 Å². The van der Waals surface area contributed by atoms with E-state index in [9.17, 15) is 4.79 Å². The van der Waals surface area contributed by atoms with Crippen LogP contribution in [0.15, 0.2) is 33.5 Å². The lowest BCUT2D eigenvalue weighted by atomic mass is 10.1. The Kier molecular flexibility index (Phi) is 3.06. The molecule has 0 amide bonds. The monoisotopic (exact) mass is 335 g/mol. The second-order valence-electron chi connectivity index (χ2n) is 4.34. The summed E-state index contributed by atoms with van der Waals surface area (Å²) in [5, 5.41) is 13.1. The van der Waals surface area contributed by atoms with E-state index in [0.717, 1.165) is 16.8 Å². The summed E-state index contributed by atoms with van der Waals surface area (Å²) in [7, 11) is 1.77. The zero-order valence-corrected chi connectivity index (χ0v) is 12.1. The van der Waals surface area contributed by atoms with Crippen LogP contribution in [0, 0.1) is 0 Å². The number of aromatic nitrogens is 3. The predicted molar refractivity (Wildman–Crippen MR) is 75.3 cm³/mol. The molecule has 0 fully saturated rings. The van der Waals surface area contributed by atoms with Gasteiger partial charge in [0.15, 0.2) is 12.0 Å². The summed E-state index contributed by atoms with van der Waals surface area (Å²) in [6.45, 7) is 0. The number of carboxylic acids is 1. The minimum Gasteiger partial charge on any atom is -0.481 e. The molecule has 7 heteroatoms. The molecule has 0 aliphatic heterocycles. The average molecular weight is 336 g/mol. The first-order valence-corrected chi connectivity index (χ1v) is 6.62. The number of hydrogen-bond donors (Lipinski definition) is 1. The average Bonchev–Trinajstić information content (AvgIpc) is 2.94. The Bertz CT molecular complexity index is 806. The van der Waals surface area contributed by atoms with Crippen molar-refractivity contribution in [1.82, 2.24) is 14.8 Å². The summed E-state index contributed by atoms with van der Waals surface area (Å²) < 4.78 is 7.62. The first-order chi connectivity index (χ1) is 9.56. The third kappa shape index (κ3) is 2.09. The topological polar surface area (TPSA) is 81.2 Å². The van der Waals surface area contributed by atoms with Crippen molar-refractivity contribution in [2.75, 3.05) is 0 Å². The maximum Gasteiger partial charge on any atom is 0.309 e. The van der Waals surface area contributed by atoms with E-state index in [2.05, 4.69) is 26.0 Å². The van der Waals surface area contributed by atoms with Gasteiger partial charge < -0.3 is 9.52 Å².